The SMILES string of the molecule is O=C(Nc1ccc([N+](=O)[O-])cc1O)c1c[nH]c(=O)cn1. The Labute approximate surface area is 111 Å². The van der Waals surface area contributed by atoms with E-state index in [0.717, 1.165) is 24.5 Å². The number of phenolic OH excluding ortho intramolecular Hbond substituents is 1. The highest BCUT2D eigenvalue weighted by molar-refractivity contribution is 6.03. The van der Waals surface area contributed by atoms with Gasteiger partial charge in [0, 0.05) is 12.3 Å². The molecule has 1 heterocycles. The van der Waals surface area contributed by atoms with E-state index < -0.39 is 22.1 Å². The number of non-ortho nitro benzene ring substituents is 1. The summed E-state index contributed by atoms with van der Waals surface area (Å²) < 4.78 is 0. The maximum absolute atomic E-state index is 11.8. The topological polar surface area (TPSA) is 138 Å². The number of carbonyl (C=O) groups is 1. The fourth-order valence-electron chi connectivity index (χ4n) is 1.39. The number of carbonyl (C=O) groups excluding carboxylic acids is 1. The molecule has 2 aromatic rings. The molecule has 0 fully saturated rings. The fraction of sp³-hybridized carbons (Fsp3) is 0. The second kappa shape index (κ2) is 5.18. The highest BCUT2D eigenvalue weighted by Crippen LogP contribution is 2.27. The lowest BCUT2D eigenvalue weighted by Crippen LogP contribution is -2.17. The van der Waals surface area contributed by atoms with Crippen molar-refractivity contribution in [2.45, 2.75) is 0 Å². The molecule has 20 heavy (non-hydrogen) atoms. The van der Waals surface area contributed by atoms with E-state index in [-0.39, 0.29) is 17.1 Å². The van der Waals surface area contributed by atoms with E-state index in [2.05, 4.69) is 15.3 Å². The van der Waals surface area contributed by atoms with Crippen LogP contribution in [0.15, 0.2) is 35.4 Å². The lowest BCUT2D eigenvalue weighted by Gasteiger charge is -2.06. The van der Waals surface area contributed by atoms with E-state index in [1.54, 1.807) is 0 Å². The van der Waals surface area contributed by atoms with Crippen molar-refractivity contribution in [3.63, 3.8) is 0 Å². The smallest absolute Gasteiger partial charge is 0.275 e. The average Bonchev–Trinajstić information content (AvgIpc) is 2.41. The minimum Gasteiger partial charge on any atom is -0.506 e. The van der Waals surface area contributed by atoms with Crippen LogP contribution in [0, 0.1) is 10.1 Å². The molecule has 0 radical (unpaired) electrons. The summed E-state index contributed by atoms with van der Waals surface area (Å²) in [5.41, 5.74) is -0.835. The Morgan fingerprint density at radius 1 is 1.45 bits per heavy atom. The van der Waals surface area contributed by atoms with Crippen LogP contribution in [-0.4, -0.2) is 25.9 Å². The van der Waals surface area contributed by atoms with Crippen molar-refractivity contribution in [1.82, 2.24) is 9.97 Å². The number of benzene rings is 1. The average molecular weight is 276 g/mol. The standard InChI is InChI=1S/C11H8N4O5/c16-9-3-6(15(19)20)1-2-7(9)14-11(18)8-4-13-10(17)5-12-8/h1-5,16H,(H,13,17)(H,14,18). The molecule has 9 nitrogen and oxygen atoms in total. The van der Waals surface area contributed by atoms with E-state index in [1.165, 1.54) is 6.07 Å². The van der Waals surface area contributed by atoms with Crippen molar-refractivity contribution in [2.24, 2.45) is 0 Å². The van der Waals surface area contributed by atoms with Gasteiger partial charge in [-0.15, -0.1) is 0 Å². The Kier molecular flexibility index (Phi) is 3.42. The van der Waals surface area contributed by atoms with Gasteiger partial charge >= 0.3 is 0 Å². The number of H-pyrrole nitrogens is 1. The maximum atomic E-state index is 11.8. The Morgan fingerprint density at radius 2 is 2.20 bits per heavy atom. The number of nitro benzene ring substituents is 1. The third-order valence-electron chi connectivity index (χ3n) is 2.35. The van der Waals surface area contributed by atoms with Crippen molar-refractivity contribution in [3.8, 4) is 5.75 Å². The number of hydrogen-bond acceptors (Lipinski definition) is 6. The first-order valence-electron chi connectivity index (χ1n) is 5.31. The van der Waals surface area contributed by atoms with Crippen molar-refractivity contribution in [3.05, 3.63) is 56.8 Å². The lowest BCUT2D eigenvalue weighted by atomic mass is 10.2. The molecule has 3 N–H and O–H groups in total. The molecule has 0 atom stereocenters. The number of hydrogen-bond donors (Lipinski definition) is 3. The molecular weight excluding hydrogens is 268 g/mol. The van der Waals surface area contributed by atoms with Crippen molar-refractivity contribution in [2.75, 3.05) is 5.32 Å². The molecule has 1 aromatic heterocycles. The quantitative estimate of drug-likeness (QED) is 0.427. The van der Waals surface area contributed by atoms with Gasteiger partial charge in [-0.25, -0.2) is 4.98 Å². The third kappa shape index (κ3) is 2.77. The summed E-state index contributed by atoms with van der Waals surface area (Å²) in [7, 11) is 0. The summed E-state index contributed by atoms with van der Waals surface area (Å²) in [5.74, 6) is -1.12. The molecule has 2 rings (SSSR count). The number of amides is 1. The van der Waals surface area contributed by atoms with Crippen molar-refractivity contribution >= 4 is 17.3 Å². The molecule has 0 unspecified atom stereocenters. The predicted molar refractivity (Wildman–Crippen MR) is 67.6 cm³/mol. The number of nitro groups is 1. The van der Waals surface area contributed by atoms with Gasteiger partial charge in [0.25, 0.3) is 17.2 Å². The van der Waals surface area contributed by atoms with E-state index in [9.17, 15) is 24.8 Å². The normalized spacial score (nSPS) is 10.0. The largest absolute Gasteiger partial charge is 0.506 e. The maximum Gasteiger partial charge on any atom is 0.275 e. The van der Waals surface area contributed by atoms with E-state index in [4.69, 9.17) is 0 Å². The Morgan fingerprint density at radius 3 is 2.75 bits per heavy atom. The number of aromatic amines is 1. The minimum atomic E-state index is -0.676. The minimum absolute atomic E-state index is 0.00593. The van der Waals surface area contributed by atoms with Gasteiger partial charge in [0.05, 0.1) is 22.9 Å². The van der Waals surface area contributed by atoms with Crippen LogP contribution in [0.1, 0.15) is 10.5 Å². The number of rotatable bonds is 3. The van der Waals surface area contributed by atoms with Gasteiger partial charge in [0.1, 0.15) is 11.4 Å². The van der Waals surface area contributed by atoms with Crippen LogP contribution in [-0.2, 0) is 0 Å². The van der Waals surface area contributed by atoms with Gasteiger partial charge in [0.2, 0.25) is 0 Å². The monoisotopic (exact) mass is 276 g/mol. The zero-order valence-corrected chi connectivity index (χ0v) is 9.86. The summed E-state index contributed by atoms with van der Waals surface area (Å²) in [6, 6.07) is 3.24. The van der Waals surface area contributed by atoms with Gasteiger partial charge in [-0.1, -0.05) is 0 Å². The van der Waals surface area contributed by atoms with Crippen molar-refractivity contribution in [1.29, 1.82) is 0 Å². The van der Waals surface area contributed by atoms with Crippen molar-refractivity contribution < 1.29 is 14.8 Å². The molecule has 102 valence electrons. The predicted octanol–water partition coefficient (Wildman–Crippen LogP) is 0.636. The summed E-state index contributed by atoms with van der Waals surface area (Å²) >= 11 is 0. The number of nitrogens with one attached hydrogen (secondary N) is 2. The number of phenols is 1. The highest BCUT2D eigenvalue weighted by Gasteiger charge is 2.13. The summed E-state index contributed by atoms with van der Waals surface area (Å²) in [4.78, 5) is 38.3. The van der Waals surface area contributed by atoms with Crippen LogP contribution < -0.4 is 10.9 Å². The number of aromatic nitrogens is 2. The van der Waals surface area contributed by atoms with E-state index >= 15 is 0 Å². The van der Waals surface area contributed by atoms with Crippen LogP contribution in [0.5, 0.6) is 5.75 Å². The molecule has 0 aliphatic carbocycles. The first-order valence-corrected chi connectivity index (χ1v) is 5.31. The number of nitrogens with zero attached hydrogens (tertiary/aromatic N) is 2. The Bertz CT molecular complexity index is 719. The second-order valence-corrected chi connectivity index (χ2v) is 3.71. The zero-order chi connectivity index (χ0) is 14.7. The summed E-state index contributed by atoms with van der Waals surface area (Å²) in [6.07, 6.45) is 2.05. The molecule has 0 saturated heterocycles. The molecule has 0 aliphatic heterocycles. The highest BCUT2D eigenvalue weighted by atomic mass is 16.6. The van der Waals surface area contributed by atoms with Gasteiger partial charge in [-0.2, -0.15) is 0 Å². The van der Waals surface area contributed by atoms with Crippen LogP contribution in [0.2, 0.25) is 0 Å². The van der Waals surface area contributed by atoms with Crippen LogP contribution >= 0.6 is 0 Å². The van der Waals surface area contributed by atoms with Gasteiger partial charge in [0.15, 0.2) is 0 Å². The van der Waals surface area contributed by atoms with E-state index in [1.807, 2.05) is 0 Å². The molecule has 0 bridgehead atoms. The van der Waals surface area contributed by atoms with Gasteiger partial charge in [-0.05, 0) is 6.07 Å². The lowest BCUT2D eigenvalue weighted by molar-refractivity contribution is -0.384. The first kappa shape index (κ1) is 13.2. The number of anilines is 1. The summed E-state index contributed by atoms with van der Waals surface area (Å²) in [5, 5.41) is 22.4. The second-order valence-electron chi connectivity index (χ2n) is 3.71. The Balaban J connectivity index is 2.21. The third-order valence-corrected chi connectivity index (χ3v) is 2.35. The van der Waals surface area contributed by atoms with E-state index in [0.29, 0.717) is 0 Å². The van der Waals surface area contributed by atoms with Gasteiger partial charge < -0.3 is 15.4 Å². The fourth-order valence-corrected chi connectivity index (χ4v) is 1.39. The molecule has 0 aliphatic rings. The molecule has 0 saturated carbocycles. The molecule has 0 spiro atoms. The van der Waals surface area contributed by atoms with Crippen LogP contribution in [0.25, 0.3) is 0 Å². The summed E-state index contributed by atoms with van der Waals surface area (Å²) in [6.45, 7) is 0. The Hall–Kier alpha value is -3.23. The zero-order valence-electron chi connectivity index (χ0n) is 9.86. The molecular formula is C11H8N4O5. The number of aromatic hydroxyl groups is 1. The van der Waals surface area contributed by atoms with Crippen LogP contribution in [0.3, 0.4) is 0 Å². The van der Waals surface area contributed by atoms with Crippen LogP contribution in [0.4, 0.5) is 11.4 Å². The van der Waals surface area contributed by atoms with Gasteiger partial charge in [-0.3, -0.25) is 19.7 Å². The first-order chi connectivity index (χ1) is 9.47. The molecule has 1 aromatic carbocycles. The molecule has 1 amide bonds. The molecule has 9 heteroatoms.